The standard InChI is InChI=1S/C18H28N4O2/c1-13-11-14(2)22(19-13)12-17(24)20-9-6-8-18(4)16(20)7-5-10-21(18)15(3)23/h11,16H,5-10,12H2,1-4H3/t16-,18-/m0/s1. The number of piperidine rings is 2. The number of carbonyl (C=O) groups is 2. The normalized spacial score (nSPS) is 27.1. The molecule has 132 valence electrons. The molecule has 0 radical (unpaired) electrons. The molecule has 0 aliphatic carbocycles. The van der Waals surface area contributed by atoms with Gasteiger partial charge in [-0.3, -0.25) is 14.3 Å². The summed E-state index contributed by atoms with van der Waals surface area (Å²) < 4.78 is 1.79. The Kier molecular flexibility index (Phi) is 4.40. The van der Waals surface area contributed by atoms with Crippen LogP contribution in [-0.2, 0) is 16.1 Å². The topological polar surface area (TPSA) is 58.4 Å². The van der Waals surface area contributed by atoms with Crippen molar-refractivity contribution < 1.29 is 9.59 Å². The lowest BCUT2D eigenvalue weighted by atomic mass is 9.76. The van der Waals surface area contributed by atoms with E-state index in [2.05, 4.69) is 12.0 Å². The number of rotatable bonds is 2. The number of amides is 2. The molecule has 2 atom stereocenters. The maximum Gasteiger partial charge on any atom is 0.244 e. The Morgan fingerprint density at radius 2 is 2.04 bits per heavy atom. The van der Waals surface area contributed by atoms with Gasteiger partial charge in [0.25, 0.3) is 0 Å². The van der Waals surface area contributed by atoms with E-state index in [1.54, 1.807) is 11.6 Å². The summed E-state index contributed by atoms with van der Waals surface area (Å²) in [5.41, 5.74) is 1.71. The van der Waals surface area contributed by atoms with Crippen LogP contribution in [0.1, 0.15) is 50.9 Å². The molecule has 0 spiro atoms. The van der Waals surface area contributed by atoms with Crippen molar-refractivity contribution in [2.45, 2.75) is 71.5 Å². The Hall–Kier alpha value is -1.85. The van der Waals surface area contributed by atoms with E-state index in [4.69, 9.17) is 0 Å². The lowest BCUT2D eigenvalue weighted by Gasteiger charge is -2.56. The van der Waals surface area contributed by atoms with Gasteiger partial charge in [0.05, 0.1) is 17.3 Å². The molecule has 2 saturated heterocycles. The fourth-order valence-corrected chi connectivity index (χ4v) is 4.61. The van der Waals surface area contributed by atoms with Crippen LogP contribution in [0.4, 0.5) is 0 Å². The van der Waals surface area contributed by atoms with E-state index in [1.165, 1.54) is 0 Å². The number of aryl methyl sites for hydroxylation is 2. The number of likely N-dealkylation sites (tertiary alicyclic amines) is 2. The highest BCUT2D eigenvalue weighted by molar-refractivity contribution is 5.78. The summed E-state index contributed by atoms with van der Waals surface area (Å²) in [6.45, 7) is 9.59. The average Bonchev–Trinajstić information content (AvgIpc) is 2.82. The average molecular weight is 332 g/mol. The Morgan fingerprint density at radius 3 is 2.67 bits per heavy atom. The van der Waals surface area contributed by atoms with Crippen molar-refractivity contribution in [3.8, 4) is 0 Å². The number of fused-ring (bicyclic) bond motifs is 1. The summed E-state index contributed by atoms with van der Waals surface area (Å²) >= 11 is 0. The first kappa shape index (κ1) is 17.0. The van der Waals surface area contributed by atoms with Crippen molar-refractivity contribution in [3.63, 3.8) is 0 Å². The highest BCUT2D eigenvalue weighted by Crippen LogP contribution is 2.39. The summed E-state index contributed by atoms with van der Waals surface area (Å²) in [5.74, 6) is 0.234. The van der Waals surface area contributed by atoms with Gasteiger partial charge in [-0.25, -0.2) is 0 Å². The van der Waals surface area contributed by atoms with Gasteiger partial charge >= 0.3 is 0 Å². The number of carbonyl (C=O) groups excluding carboxylic acids is 2. The number of aromatic nitrogens is 2. The lowest BCUT2D eigenvalue weighted by Crippen LogP contribution is -2.68. The molecule has 3 heterocycles. The van der Waals surface area contributed by atoms with Crippen molar-refractivity contribution in [1.82, 2.24) is 19.6 Å². The summed E-state index contributed by atoms with van der Waals surface area (Å²) in [6, 6.07) is 2.11. The maximum absolute atomic E-state index is 13.0. The van der Waals surface area contributed by atoms with Gasteiger partial charge in [-0.15, -0.1) is 0 Å². The molecular formula is C18H28N4O2. The van der Waals surface area contributed by atoms with Gasteiger partial charge in [-0.2, -0.15) is 5.10 Å². The minimum Gasteiger partial charge on any atom is -0.336 e. The third-order valence-electron chi connectivity index (χ3n) is 5.74. The van der Waals surface area contributed by atoms with Crippen LogP contribution in [0.15, 0.2) is 6.07 Å². The van der Waals surface area contributed by atoms with E-state index >= 15 is 0 Å². The molecule has 0 saturated carbocycles. The van der Waals surface area contributed by atoms with Gasteiger partial charge < -0.3 is 9.80 Å². The summed E-state index contributed by atoms with van der Waals surface area (Å²) in [7, 11) is 0. The highest BCUT2D eigenvalue weighted by atomic mass is 16.2. The number of nitrogens with zero attached hydrogens (tertiary/aromatic N) is 4. The SMILES string of the molecule is CC(=O)N1CCC[C@@H]2N(C(=O)Cn3nc(C)cc3C)CCC[C@@]21C. The van der Waals surface area contributed by atoms with E-state index in [0.717, 1.165) is 50.2 Å². The molecule has 0 N–H and O–H groups in total. The predicted molar refractivity (Wildman–Crippen MR) is 91.5 cm³/mol. The molecule has 6 heteroatoms. The molecule has 3 rings (SSSR count). The van der Waals surface area contributed by atoms with Gasteiger partial charge in [0, 0.05) is 25.7 Å². The molecule has 1 aromatic heterocycles. The van der Waals surface area contributed by atoms with E-state index in [9.17, 15) is 9.59 Å². The van der Waals surface area contributed by atoms with Crippen molar-refractivity contribution in [3.05, 3.63) is 17.5 Å². The molecule has 2 aliphatic heterocycles. The highest BCUT2D eigenvalue weighted by Gasteiger charge is 2.49. The van der Waals surface area contributed by atoms with Crippen molar-refractivity contribution in [1.29, 1.82) is 0 Å². The molecule has 2 aliphatic rings. The first-order valence-electron chi connectivity index (χ1n) is 8.91. The van der Waals surface area contributed by atoms with Crippen molar-refractivity contribution >= 4 is 11.8 Å². The van der Waals surface area contributed by atoms with E-state index in [-0.39, 0.29) is 29.9 Å². The second-order valence-corrected chi connectivity index (χ2v) is 7.46. The smallest absolute Gasteiger partial charge is 0.244 e. The van der Waals surface area contributed by atoms with E-state index in [1.807, 2.05) is 29.7 Å². The molecule has 24 heavy (non-hydrogen) atoms. The Bertz CT molecular complexity index is 653. The van der Waals surface area contributed by atoms with Gasteiger partial charge in [-0.1, -0.05) is 0 Å². The number of hydrogen-bond donors (Lipinski definition) is 0. The zero-order valence-electron chi connectivity index (χ0n) is 15.2. The lowest BCUT2D eigenvalue weighted by molar-refractivity contribution is -0.155. The minimum atomic E-state index is -0.229. The van der Waals surface area contributed by atoms with Crippen LogP contribution in [0.2, 0.25) is 0 Å². The van der Waals surface area contributed by atoms with Gasteiger partial charge in [0.15, 0.2) is 0 Å². The van der Waals surface area contributed by atoms with Crippen LogP contribution in [0, 0.1) is 13.8 Å². The Balaban J connectivity index is 1.81. The monoisotopic (exact) mass is 332 g/mol. The first-order chi connectivity index (χ1) is 11.3. The molecule has 2 amide bonds. The van der Waals surface area contributed by atoms with Crippen molar-refractivity contribution in [2.24, 2.45) is 0 Å². The molecule has 2 fully saturated rings. The third-order valence-corrected chi connectivity index (χ3v) is 5.74. The van der Waals surface area contributed by atoms with Crippen LogP contribution < -0.4 is 0 Å². The fourth-order valence-electron chi connectivity index (χ4n) is 4.61. The predicted octanol–water partition coefficient (Wildman–Crippen LogP) is 1.89. The molecule has 0 aromatic carbocycles. The van der Waals surface area contributed by atoms with Gasteiger partial charge in [-0.05, 0) is 52.5 Å². The quantitative estimate of drug-likeness (QED) is 0.831. The van der Waals surface area contributed by atoms with Gasteiger partial charge in [0.1, 0.15) is 6.54 Å². The third kappa shape index (κ3) is 2.82. The largest absolute Gasteiger partial charge is 0.336 e. The number of hydrogen-bond acceptors (Lipinski definition) is 3. The van der Waals surface area contributed by atoms with E-state index in [0.29, 0.717) is 0 Å². The fraction of sp³-hybridized carbons (Fsp3) is 0.722. The Labute approximate surface area is 143 Å². The van der Waals surface area contributed by atoms with Crippen LogP contribution in [0.25, 0.3) is 0 Å². The van der Waals surface area contributed by atoms with Crippen LogP contribution >= 0.6 is 0 Å². The van der Waals surface area contributed by atoms with Crippen LogP contribution in [-0.4, -0.2) is 56.1 Å². The van der Waals surface area contributed by atoms with Crippen LogP contribution in [0.5, 0.6) is 0 Å². The minimum absolute atomic E-state index is 0.113. The second-order valence-electron chi connectivity index (χ2n) is 7.46. The molecular weight excluding hydrogens is 304 g/mol. The first-order valence-corrected chi connectivity index (χ1v) is 8.91. The second kappa shape index (κ2) is 6.22. The van der Waals surface area contributed by atoms with Crippen molar-refractivity contribution in [2.75, 3.05) is 13.1 Å². The summed E-state index contributed by atoms with van der Waals surface area (Å²) in [4.78, 5) is 29.0. The Morgan fingerprint density at radius 1 is 1.29 bits per heavy atom. The molecule has 6 nitrogen and oxygen atoms in total. The van der Waals surface area contributed by atoms with E-state index < -0.39 is 0 Å². The molecule has 1 aromatic rings. The summed E-state index contributed by atoms with van der Waals surface area (Å²) in [6.07, 6.45) is 3.85. The zero-order chi connectivity index (χ0) is 17.5. The van der Waals surface area contributed by atoms with Crippen LogP contribution in [0.3, 0.4) is 0 Å². The van der Waals surface area contributed by atoms with Gasteiger partial charge in [0.2, 0.25) is 11.8 Å². The summed E-state index contributed by atoms with van der Waals surface area (Å²) in [5, 5.41) is 4.41. The zero-order valence-corrected chi connectivity index (χ0v) is 15.2. The molecule has 0 bridgehead atoms. The molecule has 0 unspecified atom stereocenters. The maximum atomic E-state index is 13.0.